The van der Waals surface area contributed by atoms with Gasteiger partial charge in [0.05, 0.1) is 6.10 Å². The Morgan fingerprint density at radius 1 is 1.61 bits per heavy atom. The first kappa shape index (κ1) is 13.1. The number of amides is 1. The van der Waals surface area contributed by atoms with Crippen LogP contribution in [0.15, 0.2) is 6.07 Å². The van der Waals surface area contributed by atoms with Gasteiger partial charge in [-0.05, 0) is 38.2 Å². The number of hydrogen-bond acceptors (Lipinski definition) is 2. The smallest absolute Gasteiger partial charge is 0.240 e. The number of aliphatic hydroxyl groups is 1. The number of aliphatic hydroxyl groups excluding tert-OH is 1. The van der Waals surface area contributed by atoms with E-state index in [0.717, 1.165) is 29.8 Å². The molecule has 4 heteroatoms. The number of carbonyl (C=O) groups is 1. The number of hydrogen-bond donors (Lipinski definition) is 2. The first-order valence-electron chi connectivity index (χ1n) is 6.41. The summed E-state index contributed by atoms with van der Waals surface area (Å²) < 4.78 is 1.97. The minimum absolute atomic E-state index is 0.0479. The maximum Gasteiger partial charge on any atom is 0.240 e. The predicted molar refractivity (Wildman–Crippen MR) is 70.1 cm³/mol. The quantitative estimate of drug-likeness (QED) is 0.841. The zero-order valence-electron chi connectivity index (χ0n) is 11.5. The number of carbonyl (C=O) groups excluding carboxylic acids is 1. The van der Waals surface area contributed by atoms with Crippen LogP contribution in [-0.4, -0.2) is 15.6 Å². The molecule has 3 N–H and O–H groups in total. The number of aromatic nitrogens is 1. The van der Waals surface area contributed by atoms with Crippen molar-refractivity contribution in [2.75, 3.05) is 0 Å². The second kappa shape index (κ2) is 4.12. The van der Waals surface area contributed by atoms with E-state index in [2.05, 4.69) is 13.8 Å². The molecule has 2 atom stereocenters. The van der Waals surface area contributed by atoms with Gasteiger partial charge in [0.15, 0.2) is 0 Å². The van der Waals surface area contributed by atoms with Crippen LogP contribution in [0.25, 0.3) is 0 Å². The lowest BCUT2D eigenvalue weighted by molar-refractivity contribution is -0.120. The molecule has 0 fully saturated rings. The van der Waals surface area contributed by atoms with Gasteiger partial charge < -0.3 is 15.4 Å². The maximum absolute atomic E-state index is 11.4. The zero-order valence-corrected chi connectivity index (χ0v) is 11.5. The van der Waals surface area contributed by atoms with Crippen molar-refractivity contribution in [1.82, 2.24) is 4.57 Å². The normalized spacial score (nSPS) is 23.5. The Bertz CT molecular complexity index is 488. The van der Waals surface area contributed by atoms with Gasteiger partial charge in [0.25, 0.3) is 0 Å². The number of nitrogens with zero attached hydrogens (tertiary/aromatic N) is 1. The van der Waals surface area contributed by atoms with Gasteiger partial charge in [-0.1, -0.05) is 13.8 Å². The van der Waals surface area contributed by atoms with Crippen LogP contribution in [0.1, 0.15) is 56.3 Å². The van der Waals surface area contributed by atoms with Crippen molar-refractivity contribution in [2.24, 2.45) is 11.1 Å². The van der Waals surface area contributed by atoms with E-state index >= 15 is 0 Å². The van der Waals surface area contributed by atoms with Crippen molar-refractivity contribution >= 4 is 5.91 Å². The third-order valence-corrected chi connectivity index (χ3v) is 3.92. The molecule has 1 heterocycles. The molecule has 1 aromatic rings. The van der Waals surface area contributed by atoms with Gasteiger partial charge in [-0.3, -0.25) is 4.79 Å². The molecule has 0 spiro atoms. The summed E-state index contributed by atoms with van der Waals surface area (Å²) >= 11 is 0. The zero-order chi connectivity index (χ0) is 13.7. The van der Waals surface area contributed by atoms with E-state index in [1.54, 1.807) is 0 Å². The van der Waals surface area contributed by atoms with E-state index in [-0.39, 0.29) is 17.4 Å². The number of fused-ring (bicyclic) bond motifs is 1. The second-order valence-electron chi connectivity index (χ2n) is 6.20. The first-order chi connectivity index (χ1) is 8.23. The molecule has 1 aliphatic rings. The van der Waals surface area contributed by atoms with Crippen LogP contribution < -0.4 is 5.73 Å². The number of primary amides is 1. The van der Waals surface area contributed by atoms with Crippen LogP contribution >= 0.6 is 0 Å². The fourth-order valence-corrected chi connectivity index (χ4v) is 3.03. The van der Waals surface area contributed by atoms with Gasteiger partial charge >= 0.3 is 0 Å². The largest absolute Gasteiger partial charge is 0.388 e. The van der Waals surface area contributed by atoms with Crippen LogP contribution in [0.4, 0.5) is 0 Å². The summed E-state index contributed by atoms with van der Waals surface area (Å²) in [6.07, 6.45) is 1.18. The Morgan fingerprint density at radius 3 is 2.78 bits per heavy atom. The predicted octanol–water partition coefficient (Wildman–Crippen LogP) is 1.85. The van der Waals surface area contributed by atoms with Crippen LogP contribution in [0.2, 0.25) is 0 Å². The van der Waals surface area contributed by atoms with E-state index in [9.17, 15) is 9.90 Å². The molecule has 18 heavy (non-hydrogen) atoms. The van der Waals surface area contributed by atoms with E-state index in [1.807, 2.05) is 24.5 Å². The third kappa shape index (κ3) is 2.05. The number of rotatable bonds is 2. The van der Waals surface area contributed by atoms with Gasteiger partial charge in [-0.2, -0.15) is 0 Å². The van der Waals surface area contributed by atoms with Crippen molar-refractivity contribution in [3.05, 3.63) is 23.0 Å². The number of aryl methyl sites for hydroxylation is 1. The molecule has 0 radical (unpaired) electrons. The highest BCUT2D eigenvalue weighted by atomic mass is 16.3. The van der Waals surface area contributed by atoms with Crippen molar-refractivity contribution in [1.29, 1.82) is 0 Å². The Labute approximate surface area is 108 Å². The van der Waals surface area contributed by atoms with Crippen molar-refractivity contribution in [3.8, 4) is 0 Å². The van der Waals surface area contributed by atoms with E-state index < -0.39 is 6.10 Å². The van der Waals surface area contributed by atoms with Crippen LogP contribution in [0.5, 0.6) is 0 Å². The van der Waals surface area contributed by atoms with Gasteiger partial charge in [-0.15, -0.1) is 0 Å². The van der Waals surface area contributed by atoms with Crippen LogP contribution in [-0.2, 0) is 11.2 Å². The van der Waals surface area contributed by atoms with Gasteiger partial charge in [0.1, 0.15) is 6.04 Å². The molecular formula is C14H22N2O2. The molecule has 0 aliphatic heterocycles. The standard InChI is InChI=1S/C14H22N2O2/c1-8-5-10-11(16(8)9(2)13(15)18)6-14(3,4)7-12(10)17/h5,9,12,17H,6-7H2,1-4H3,(H2,15,18). The highest BCUT2D eigenvalue weighted by Gasteiger charge is 2.35. The molecule has 0 saturated carbocycles. The van der Waals surface area contributed by atoms with Crippen molar-refractivity contribution in [3.63, 3.8) is 0 Å². The summed E-state index contributed by atoms with van der Waals surface area (Å²) in [6, 6.07) is 1.61. The second-order valence-corrected chi connectivity index (χ2v) is 6.20. The molecule has 0 bridgehead atoms. The maximum atomic E-state index is 11.4. The van der Waals surface area contributed by atoms with Crippen molar-refractivity contribution in [2.45, 2.75) is 52.7 Å². The molecule has 1 aliphatic carbocycles. The molecule has 4 nitrogen and oxygen atoms in total. The summed E-state index contributed by atoms with van der Waals surface area (Å²) in [5.41, 5.74) is 8.46. The fourth-order valence-electron chi connectivity index (χ4n) is 3.03. The fraction of sp³-hybridized carbons (Fsp3) is 0.643. The molecule has 1 amide bonds. The lowest BCUT2D eigenvalue weighted by atomic mass is 9.75. The highest BCUT2D eigenvalue weighted by molar-refractivity contribution is 5.78. The Morgan fingerprint density at radius 2 is 2.22 bits per heavy atom. The monoisotopic (exact) mass is 250 g/mol. The molecule has 0 saturated heterocycles. The summed E-state index contributed by atoms with van der Waals surface area (Å²) in [5, 5.41) is 10.2. The molecule has 2 unspecified atom stereocenters. The van der Waals surface area contributed by atoms with Crippen molar-refractivity contribution < 1.29 is 9.90 Å². The van der Waals surface area contributed by atoms with Crippen LogP contribution in [0, 0.1) is 12.3 Å². The minimum Gasteiger partial charge on any atom is -0.388 e. The van der Waals surface area contributed by atoms with Gasteiger partial charge in [-0.25, -0.2) is 0 Å². The molecule has 100 valence electrons. The third-order valence-electron chi connectivity index (χ3n) is 3.92. The highest BCUT2D eigenvalue weighted by Crippen LogP contribution is 2.42. The Balaban J connectivity index is 2.54. The minimum atomic E-state index is -0.441. The summed E-state index contributed by atoms with van der Waals surface area (Å²) in [7, 11) is 0. The molecule has 0 aromatic carbocycles. The Kier molecular flexibility index (Phi) is 3.01. The lowest BCUT2D eigenvalue weighted by Gasteiger charge is -2.34. The van der Waals surface area contributed by atoms with Crippen LogP contribution in [0.3, 0.4) is 0 Å². The van der Waals surface area contributed by atoms with E-state index in [0.29, 0.717) is 0 Å². The van der Waals surface area contributed by atoms with E-state index in [4.69, 9.17) is 5.73 Å². The van der Waals surface area contributed by atoms with Gasteiger partial charge in [0.2, 0.25) is 5.91 Å². The lowest BCUT2D eigenvalue weighted by Crippen LogP contribution is -2.31. The Hall–Kier alpha value is -1.29. The molecule has 2 rings (SSSR count). The molecule has 1 aromatic heterocycles. The average molecular weight is 250 g/mol. The topological polar surface area (TPSA) is 68.2 Å². The molecular weight excluding hydrogens is 228 g/mol. The summed E-state index contributed by atoms with van der Waals surface area (Å²) in [5.74, 6) is -0.339. The average Bonchev–Trinajstić information content (AvgIpc) is 2.52. The van der Waals surface area contributed by atoms with Gasteiger partial charge in [0, 0.05) is 17.0 Å². The first-order valence-corrected chi connectivity index (χ1v) is 6.41. The van der Waals surface area contributed by atoms with E-state index in [1.165, 1.54) is 0 Å². The SMILES string of the molecule is Cc1cc2c(n1C(C)C(N)=O)CC(C)(C)CC2O. The summed E-state index contributed by atoms with van der Waals surface area (Å²) in [4.78, 5) is 11.4. The summed E-state index contributed by atoms with van der Waals surface area (Å²) in [6.45, 7) is 8.04. The number of nitrogens with two attached hydrogens (primary N) is 1.